The van der Waals surface area contributed by atoms with E-state index in [0.29, 0.717) is 4.90 Å². The van der Waals surface area contributed by atoms with E-state index in [1.165, 1.54) is 13.8 Å². The second kappa shape index (κ2) is 5.92. The smallest absolute Gasteiger partial charge is 0.254 e. The predicted molar refractivity (Wildman–Crippen MR) is 76.1 cm³/mol. The van der Waals surface area contributed by atoms with Crippen LogP contribution in [0, 0.1) is 23.3 Å². The van der Waals surface area contributed by atoms with Crippen molar-refractivity contribution in [3.05, 3.63) is 41.0 Å². The largest absolute Gasteiger partial charge is 0.485 e. The maximum absolute atomic E-state index is 14.4. The summed E-state index contributed by atoms with van der Waals surface area (Å²) in [5.74, 6) is -9.75. The number of benzene rings is 1. The normalized spacial score (nSPS) is 15.0. The fraction of sp³-hybridized carbons (Fsp3) is 0.375. The molecule has 1 aromatic carbocycles. The van der Waals surface area contributed by atoms with Crippen LogP contribution in [0.4, 0.5) is 17.6 Å². The highest BCUT2D eigenvalue weighted by atomic mass is 19.2. The SMILES string of the molecule is CC(C)Oc1c(F)c(F)c(C(C)(C)N2C(=O)C=CC2=O)c(F)c1F. The minimum Gasteiger partial charge on any atom is -0.485 e. The molecule has 0 fully saturated rings. The van der Waals surface area contributed by atoms with Crippen LogP contribution < -0.4 is 4.74 Å². The molecular weight excluding hydrogens is 330 g/mol. The topological polar surface area (TPSA) is 46.6 Å². The zero-order valence-corrected chi connectivity index (χ0v) is 13.4. The van der Waals surface area contributed by atoms with E-state index in [1.54, 1.807) is 0 Å². The second-order valence-corrected chi connectivity index (χ2v) is 6.03. The molecule has 0 unspecified atom stereocenters. The van der Waals surface area contributed by atoms with Gasteiger partial charge in [-0.2, -0.15) is 8.78 Å². The van der Waals surface area contributed by atoms with Crippen molar-refractivity contribution < 1.29 is 31.9 Å². The molecule has 1 aliphatic heterocycles. The molecular formula is C16H15F4NO3. The van der Waals surface area contributed by atoms with Crippen LogP contribution in [0.25, 0.3) is 0 Å². The first-order valence-electron chi connectivity index (χ1n) is 7.09. The molecule has 1 heterocycles. The van der Waals surface area contributed by atoms with E-state index < -0.39 is 58.0 Å². The predicted octanol–water partition coefficient (Wildman–Crippen LogP) is 3.19. The van der Waals surface area contributed by atoms with Crippen LogP contribution in [0.2, 0.25) is 0 Å². The Balaban J connectivity index is 2.67. The molecule has 2 rings (SSSR count). The average Bonchev–Trinajstić information content (AvgIpc) is 2.81. The van der Waals surface area contributed by atoms with Crippen molar-refractivity contribution in [1.29, 1.82) is 0 Å². The Morgan fingerprint density at radius 2 is 1.33 bits per heavy atom. The van der Waals surface area contributed by atoms with Gasteiger partial charge in [-0.3, -0.25) is 14.5 Å². The van der Waals surface area contributed by atoms with Gasteiger partial charge in [0.2, 0.25) is 11.6 Å². The van der Waals surface area contributed by atoms with Gasteiger partial charge in [0, 0.05) is 12.2 Å². The first-order chi connectivity index (χ1) is 11.0. The number of rotatable bonds is 4. The fourth-order valence-electron chi connectivity index (χ4n) is 2.55. The molecule has 0 N–H and O–H groups in total. The molecule has 4 nitrogen and oxygen atoms in total. The first-order valence-corrected chi connectivity index (χ1v) is 7.09. The monoisotopic (exact) mass is 345 g/mol. The van der Waals surface area contributed by atoms with Crippen LogP contribution in [0.3, 0.4) is 0 Å². The van der Waals surface area contributed by atoms with Crippen molar-refractivity contribution in [3.63, 3.8) is 0 Å². The molecule has 0 aromatic heterocycles. The van der Waals surface area contributed by atoms with E-state index in [4.69, 9.17) is 4.74 Å². The highest BCUT2D eigenvalue weighted by Crippen LogP contribution is 2.39. The molecule has 2 amide bonds. The Bertz CT molecular complexity index is 709. The van der Waals surface area contributed by atoms with Gasteiger partial charge in [0.1, 0.15) is 0 Å². The van der Waals surface area contributed by atoms with Crippen LogP contribution in [0.1, 0.15) is 33.3 Å². The van der Waals surface area contributed by atoms with E-state index in [-0.39, 0.29) is 0 Å². The lowest BCUT2D eigenvalue weighted by Crippen LogP contribution is -2.46. The number of hydrogen-bond acceptors (Lipinski definition) is 3. The minimum absolute atomic E-state index is 0.524. The van der Waals surface area contributed by atoms with E-state index >= 15 is 0 Å². The number of imide groups is 1. The summed E-state index contributed by atoms with van der Waals surface area (Å²) in [7, 11) is 0. The molecule has 0 spiro atoms. The molecule has 1 aromatic rings. The third-order valence-corrected chi connectivity index (χ3v) is 3.56. The molecule has 0 saturated carbocycles. The van der Waals surface area contributed by atoms with Gasteiger partial charge in [-0.05, 0) is 27.7 Å². The molecule has 0 saturated heterocycles. The van der Waals surface area contributed by atoms with Gasteiger partial charge in [-0.15, -0.1) is 0 Å². The van der Waals surface area contributed by atoms with E-state index in [2.05, 4.69) is 0 Å². The van der Waals surface area contributed by atoms with Gasteiger partial charge in [0.15, 0.2) is 17.4 Å². The van der Waals surface area contributed by atoms with E-state index in [1.807, 2.05) is 0 Å². The van der Waals surface area contributed by atoms with E-state index in [0.717, 1.165) is 26.0 Å². The lowest BCUT2D eigenvalue weighted by molar-refractivity contribution is -0.143. The van der Waals surface area contributed by atoms with E-state index in [9.17, 15) is 27.2 Å². The highest BCUT2D eigenvalue weighted by molar-refractivity contribution is 6.13. The first kappa shape index (κ1) is 18.0. The van der Waals surface area contributed by atoms with Crippen molar-refractivity contribution in [2.24, 2.45) is 0 Å². The number of nitrogens with zero attached hydrogens (tertiary/aromatic N) is 1. The number of ether oxygens (including phenoxy) is 1. The Morgan fingerprint density at radius 3 is 1.71 bits per heavy atom. The summed E-state index contributed by atoms with van der Waals surface area (Å²) in [5.41, 5.74) is -3.02. The lowest BCUT2D eigenvalue weighted by Gasteiger charge is -2.35. The van der Waals surface area contributed by atoms with Crippen molar-refractivity contribution in [3.8, 4) is 5.75 Å². The van der Waals surface area contributed by atoms with Gasteiger partial charge < -0.3 is 4.74 Å². The number of carbonyl (C=O) groups is 2. The zero-order valence-electron chi connectivity index (χ0n) is 13.4. The molecule has 0 bridgehead atoms. The molecule has 0 aliphatic carbocycles. The standard InChI is InChI=1S/C16H15F4NO3/c1-7(2)24-15-13(19)11(17)10(12(18)14(15)20)16(3,4)21-8(22)5-6-9(21)23/h5-7H,1-4H3. The molecule has 0 atom stereocenters. The fourth-order valence-corrected chi connectivity index (χ4v) is 2.55. The lowest BCUT2D eigenvalue weighted by atomic mass is 9.90. The van der Waals surface area contributed by atoms with Crippen LogP contribution in [0.15, 0.2) is 12.2 Å². The van der Waals surface area contributed by atoms with Crippen LogP contribution >= 0.6 is 0 Å². The maximum Gasteiger partial charge on any atom is 0.254 e. The Morgan fingerprint density at radius 1 is 0.917 bits per heavy atom. The summed E-state index contributed by atoms with van der Waals surface area (Å²) < 4.78 is 62.0. The minimum atomic E-state index is -1.95. The van der Waals surface area contributed by atoms with Crippen molar-refractivity contribution in [1.82, 2.24) is 4.90 Å². The van der Waals surface area contributed by atoms with Crippen molar-refractivity contribution >= 4 is 11.8 Å². The maximum atomic E-state index is 14.4. The van der Waals surface area contributed by atoms with Gasteiger partial charge in [0.25, 0.3) is 11.8 Å². The van der Waals surface area contributed by atoms with Gasteiger partial charge >= 0.3 is 0 Å². The van der Waals surface area contributed by atoms with Gasteiger partial charge in [0.05, 0.1) is 17.2 Å². The van der Waals surface area contributed by atoms with Gasteiger partial charge in [-0.1, -0.05) is 0 Å². The van der Waals surface area contributed by atoms with Crippen LogP contribution in [0.5, 0.6) is 5.75 Å². The summed E-state index contributed by atoms with van der Waals surface area (Å²) in [4.78, 5) is 24.1. The van der Waals surface area contributed by atoms with Crippen molar-refractivity contribution in [2.75, 3.05) is 0 Å². The molecule has 24 heavy (non-hydrogen) atoms. The molecule has 1 aliphatic rings. The quantitative estimate of drug-likeness (QED) is 0.478. The highest BCUT2D eigenvalue weighted by Gasteiger charge is 2.44. The van der Waals surface area contributed by atoms with Gasteiger partial charge in [-0.25, -0.2) is 8.78 Å². The third-order valence-electron chi connectivity index (χ3n) is 3.56. The summed E-state index contributed by atoms with van der Waals surface area (Å²) in [6, 6.07) is 0. The summed E-state index contributed by atoms with van der Waals surface area (Å²) in [5, 5.41) is 0. The second-order valence-electron chi connectivity index (χ2n) is 6.03. The molecule has 8 heteroatoms. The Labute approximate surface area is 135 Å². The summed E-state index contributed by atoms with van der Waals surface area (Å²) >= 11 is 0. The number of carbonyl (C=O) groups excluding carboxylic acids is 2. The average molecular weight is 345 g/mol. The number of hydrogen-bond donors (Lipinski definition) is 0. The molecule has 0 radical (unpaired) electrons. The third kappa shape index (κ3) is 2.65. The summed E-state index contributed by atoms with van der Waals surface area (Å²) in [6.45, 7) is 5.08. The zero-order chi connectivity index (χ0) is 18.4. The Hall–Kier alpha value is -2.38. The van der Waals surface area contributed by atoms with Crippen LogP contribution in [-0.4, -0.2) is 22.8 Å². The summed E-state index contributed by atoms with van der Waals surface area (Å²) in [6.07, 6.45) is 1.09. The Kier molecular flexibility index (Phi) is 4.43. The number of halogens is 4. The van der Waals surface area contributed by atoms with Crippen LogP contribution in [-0.2, 0) is 15.1 Å². The van der Waals surface area contributed by atoms with Crippen molar-refractivity contribution in [2.45, 2.75) is 39.3 Å². The number of amides is 2. The molecule has 130 valence electrons.